The second-order valence-electron chi connectivity index (χ2n) is 9.19. The highest BCUT2D eigenvalue weighted by molar-refractivity contribution is 5.37. The molecular formula is C25H34N4O2. The van der Waals surface area contributed by atoms with E-state index in [4.69, 9.17) is 4.74 Å². The third-order valence-electron chi connectivity index (χ3n) is 6.13. The maximum absolute atomic E-state index is 10.2. The lowest BCUT2D eigenvalue weighted by atomic mass is 9.69. The fraction of sp³-hybridized carbons (Fsp3) is 0.560. The van der Waals surface area contributed by atoms with Crippen molar-refractivity contribution in [2.24, 2.45) is 11.3 Å². The van der Waals surface area contributed by atoms with Gasteiger partial charge in [-0.15, -0.1) is 0 Å². The first kappa shape index (κ1) is 23.0. The fourth-order valence-electron chi connectivity index (χ4n) is 4.26. The third kappa shape index (κ3) is 6.41. The van der Waals surface area contributed by atoms with Crippen molar-refractivity contribution in [1.82, 2.24) is 9.97 Å². The van der Waals surface area contributed by atoms with Gasteiger partial charge in [0.25, 0.3) is 0 Å². The number of benzene rings is 1. The lowest BCUT2D eigenvalue weighted by molar-refractivity contribution is -0.00748. The standard InChI is InChI=1S/C25H34N4O2/c1-4-13-31-21-8-5-18(6-9-21)11-12-27-24-28-17-20(16-26)22(29-24)14-19-7-10-23(30)25(2,3)15-19/h5-6,8-9,17,19,23,30H,4,7,10-15H2,1-3H3,(H,27,28,29)/t19-,23-/m0/s1. The van der Waals surface area contributed by atoms with Gasteiger partial charge in [0, 0.05) is 6.54 Å². The fourth-order valence-corrected chi connectivity index (χ4v) is 4.26. The Balaban J connectivity index is 1.57. The van der Waals surface area contributed by atoms with Crippen molar-refractivity contribution in [1.29, 1.82) is 5.26 Å². The number of aliphatic hydroxyl groups is 1. The van der Waals surface area contributed by atoms with Crippen LogP contribution in [0.5, 0.6) is 5.75 Å². The van der Waals surface area contributed by atoms with Gasteiger partial charge >= 0.3 is 0 Å². The molecule has 31 heavy (non-hydrogen) atoms. The van der Waals surface area contributed by atoms with E-state index >= 15 is 0 Å². The van der Waals surface area contributed by atoms with Gasteiger partial charge in [0.2, 0.25) is 5.95 Å². The van der Waals surface area contributed by atoms with Crippen molar-refractivity contribution in [2.45, 2.75) is 65.4 Å². The van der Waals surface area contributed by atoms with Gasteiger partial charge in [0.05, 0.1) is 30.2 Å². The van der Waals surface area contributed by atoms with Crippen molar-refractivity contribution in [2.75, 3.05) is 18.5 Å². The molecular weight excluding hydrogens is 388 g/mol. The van der Waals surface area contributed by atoms with Crippen molar-refractivity contribution in [3.8, 4) is 11.8 Å². The molecule has 6 heteroatoms. The molecule has 0 radical (unpaired) electrons. The SMILES string of the molecule is CCCOc1ccc(CCNc2ncc(C#N)c(C[C@@H]3CC[C@H](O)C(C)(C)C3)n2)cc1. The van der Waals surface area contributed by atoms with E-state index in [1.54, 1.807) is 6.20 Å². The van der Waals surface area contributed by atoms with Crippen LogP contribution in [0, 0.1) is 22.7 Å². The van der Waals surface area contributed by atoms with Crippen LogP contribution >= 0.6 is 0 Å². The number of hydrogen-bond donors (Lipinski definition) is 2. The Hall–Kier alpha value is -2.65. The van der Waals surface area contributed by atoms with E-state index in [-0.39, 0.29) is 11.5 Å². The number of nitrogens with zero attached hydrogens (tertiary/aromatic N) is 3. The van der Waals surface area contributed by atoms with Crippen LogP contribution in [-0.2, 0) is 12.8 Å². The highest BCUT2D eigenvalue weighted by Gasteiger charge is 2.35. The van der Waals surface area contributed by atoms with E-state index in [9.17, 15) is 10.4 Å². The molecule has 0 saturated heterocycles. The zero-order valence-corrected chi connectivity index (χ0v) is 18.9. The monoisotopic (exact) mass is 422 g/mol. The maximum atomic E-state index is 10.2. The third-order valence-corrected chi connectivity index (χ3v) is 6.13. The quantitative estimate of drug-likeness (QED) is 0.617. The van der Waals surface area contributed by atoms with Gasteiger partial charge in [-0.1, -0.05) is 32.9 Å². The summed E-state index contributed by atoms with van der Waals surface area (Å²) < 4.78 is 5.62. The normalized spacial score (nSPS) is 20.1. The molecule has 2 N–H and O–H groups in total. The molecule has 0 spiro atoms. The summed E-state index contributed by atoms with van der Waals surface area (Å²) in [5.41, 5.74) is 2.46. The second-order valence-corrected chi connectivity index (χ2v) is 9.19. The first-order chi connectivity index (χ1) is 14.9. The summed E-state index contributed by atoms with van der Waals surface area (Å²) in [5.74, 6) is 1.88. The zero-order valence-electron chi connectivity index (χ0n) is 18.9. The van der Waals surface area contributed by atoms with Crippen LogP contribution in [0.4, 0.5) is 5.95 Å². The van der Waals surface area contributed by atoms with Crippen LogP contribution in [0.1, 0.15) is 63.3 Å². The minimum absolute atomic E-state index is 0.0963. The zero-order chi connectivity index (χ0) is 22.3. The molecule has 1 aliphatic rings. The van der Waals surface area contributed by atoms with E-state index < -0.39 is 0 Å². The highest BCUT2D eigenvalue weighted by Crippen LogP contribution is 2.40. The van der Waals surface area contributed by atoms with Gasteiger partial charge in [-0.3, -0.25) is 0 Å². The summed E-state index contributed by atoms with van der Waals surface area (Å²) >= 11 is 0. The molecule has 1 aliphatic carbocycles. The molecule has 1 heterocycles. The van der Waals surface area contributed by atoms with Crippen LogP contribution in [0.15, 0.2) is 30.5 Å². The molecule has 2 atom stereocenters. The molecule has 0 aliphatic heterocycles. The van der Waals surface area contributed by atoms with Crippen LogP contribution in [0.25, 0.3) is 0 Å². The Morgan fingerprint density at radius 1 is 1.26 bits per heavy atom. The predicted molar refractivity (Wildman–Crippen MR) is 122 cm³/mol. The van der Waals surface area contributed by atoms with Crippen molar-refractivity contribution >= 4 is 5.95 Å². The van der Waals surface area contributed by atoms with E-state index in [0.29, 0.717) is 24.0 Å². The number of hydrogen-bond acceptors (Lipinski definition) is 6. The topological polar surface area (TPSA) is 91.1 Å². The van der Waals surface area contributed by atoms with Gasteiger partial charge in [-0.2, -0.15) is 5.26 Å². The first-order valence-electron chi connectivity index (χ1n) is 11.3. The van der Waals surface area contributed by atoms with E-state index in [1.807, 2.05) is 12.1 Å². The number of rotatable bonds is 9. The van der Waals surface area contributed by atoms with Gasteiger partial charge in [-0.05, 0) is 67.6 Å². The predicted octanol–water partition coefficient (Wildman–Crippen LogP) is 4.52. The Morgan fingerprint density at radius 2 is 2.03 bits per heavy atom. The van der Waals surface area contributed by atoms with Crippen LogP contribution in [-0.4, -0.2) is 34.3 Å². The number of aromatic nitrogens is 2. The maximum Gasteiger partial charge on any atom is 0.222 e. The minimum Gasteiger partial charge on any atom is -0.494 e. The van der Waals surface area contributed by atoms with Gasteiger partial charge in [-0.25, -0.2) is 9.97 Å². The van der Waals surface area contributed by atoms with Gasteiger partial charge in [0.1, 0.15) is 11.8 Å². The molecule has 1 fully saturated rings. The van der Waals surface area contributed by atoms with Gasteiger partial charge in [0.15, 0.2) is 0 Å². The summed E-state index contributed by atoms with van der Waals surface area (Å²) in [7, 11) is 0. The molecule has 1 aromatic carbocycles. The van der Waals surface area contributed by atoms with Crippen LogP contribution < -0.4 is 10.1 Å². The molecule has 166 valence electrons. The van der Waals surface area contributed by atoms with Crippen LogP contribution in [0.2, 0.25) is 0 Å². The average Bonchev–Trinajstić information content (AvgIpc) is 2.76. The highest BCUT2D eigenvalue weighted by atomic mass is 16.5. The molecule has 0 bridgehead atoms. The molecule has 2 aromatic rings. The summed E-state index contributed by atoms with van der Waals surface area (Å²) in [6, 6.07) is 10.4. The van der Waals surface area contributed by atoms with Crippen molar-refractivity contribution in [3.05, 3.63) is 47.3 Å². The number of ether oxygens (including phenoxy) is 1. The molecule has 1 saturated carbocycles. The summed E-state index contributed by atoms with van der Waals surface area (Å²) in [6.45, 7) is 7.77. The first-order valence-corrected chi connectivity index (χ1v) is 11.3. The second kappa shape index (κ2) is 10.6. The number of aliphatic hydroxyl groups excluding tert-OH is 1. The minimum atomic E-state index is -0.255. The lowest BCUT2D eigenvalue weighted by Gasteiger charge is -2.39. The summed E-state index contributed by atoms with van der Waals surface area (Å²) in [6.07, 6.45) is 6.65. The number of anilines is 1. The Morgan fingerprint density at radius 3 is 2.71 bits per heavy atom. The Kier molecular flexibility index (Phi) is 7.86. The molecule has 1 aromatic heterocycles. The largest absolute Gasteiger partial charge is 0.494 e. The van der Waals surface area contributed by atoms with Crippen LogP contribution in [0.3, 0.4) is 0 Å². The smallest absolute Gasteiger partial charge is 0.222 e. The Bertz CT molecular complexity index is 889. The molecule has 6 nitrogen and oxygen atoms in total. The van der Waals surface area contributed by atoms with Gasteiger partial charge < -0.3 is 15.2 Å². The number of nitrogens with one attached hydrogen (secondary N) is 1. The van der Waals surface area contributed by atoms with Crippen molar-refractivity contribution in [3.63, 3.8) is 0 Å². The molecule has 3 rings (SSSR count). The number of nitriles is 1. The molecule has 0 unspecified atom stereocenters. The summed E-state index contributed by atoms with van der Waals surface area (Å²) in [4.78, 5) is 8.97. The summed E-state index contributed by atoms with van der Waals surface area (Å²) in [5, 5.41) is 23.0. The molecule has 0 amide bonds. The Labute approximate surface area is 185 Å². The average molecular weight is 423 g/mol. The van der Waals surface area contributed by atoms with E-state index in [0.717, 1.165) is 56.6 Å². The van der Waals surface area contributed by atoms with E-state index in [1.165, 1.54) is 5.56 Å². The lowest BCUT2D eigenvalue weighted by Crippen LogP contribution is -2.37. The van der Waals surface area contributed by atoms with E-state index in [2.05, 4.69) is 54.3 Å². The van der Waals surface area contributed by atoms with Crippen molar-refractivity contribution < 1.29 is 9.84 Å².